The van der Waals surface area contributed by atoms with Gasteiger partial charge in [-0.05, 0) is 12.1 Å². The number of halogens is 2. The summed E-state index contributed by atoms with van der Waals surface area (Å²) >= 11 is 5.94. The number of hydrogen-bond acceptors (Lipinski definition) is 1. The van der Waals surface area contributed by atoms with Crippen molar-refractivity contribution in [2.75, 3.05) is 7.11 Å². The van der Waals surface area contributed by atoms with Crippen LogP contribution in [0.1, 0.15) is 0 Å². The first-order valence-electron chi connectivity index (χ1n) is 4.40. The van der Waals surface area contributed by atoms with Crippen molar-refractivity contribution in [1.29, 1.82) is 0 Å². The standard InChI is InChI=1S/C10H14ClFOSi/c1-13-9-7(11)5-6-8(12)10(9)14(2,3)4/h5-6H,1-4H3. The fourth-order valence-corrected chi connectivity index (χ4v) is 3.46. The predicted molar refractivity (Wildman–Crippen MR) is 60.9 cm³/mol. The minimum absolute atomic E-state index is 0.217. The van der Waals surface area contributed by atoms with Crippen molar-refractivity contribution in [3.63, 3.8) is 0 Å². The molecular formula is C10H14ClFOSi. The van der Waals surface area contributed by atoms with Crippen molar-refractivity contribution in [2.24, 2.45) is 0 Å². The molecule has 78 valence electrons. The number of ether oxygens (including phenoxy) is 1. The van der Waals surface area contributed by atoms with Crippen LogP contribution in [0.3, 0.4) is 0 Å². The Balaban J connectivity index is 3.46. The molecule has 0 bridgehead atoms. The molecule has 0 aliphatic heterocycles. The molecule has 0 unspecified atom stereocenters. The maximum atomic E-state index is 13.6. The van der Waals surface area contributed by atoms with E-state index in [0.717, 1.165) is 0 Å². The van der Waals surface area contributed by atoms with Gasteiger partial charge >= 0.3 is 0 Å². The summed E-state index contributed by atoms with van der Waals surface area (Å²) in [5, 5.41) is 1.14. The van der Waals surface area contributed by atoms with Gasteiger partial charge in [0.05, 0.1) is 20.2 Å². The van der Waals surface area contributed by atoms with Crippen molar-refractivity contribution in [3.05, 3.63) is 23.0 Å². The highest BCUT2D eigenvalue weighted by atomic mass is 35.5. The van der Waals surface area contributed by atoms with Crippen LogP contribution in [0.25, 0.3) is 0 Å². The van der Waals surface area contributed by atoms with Crippen LogP contribution in [0.4, 0.5) is 4.39 Å². The summed E-state index contributed by atoms with van der Waals surface area (Å²) in [6, 6.07) is 2.93. The van der Waals surface area contributed by atoms with E-state index in [0.29, 0.717) is 16.0 Å². The molecule has 0 fully saturated rings. The molecule has 0 aromatic heterocycles. The lowest BCUT2D eigenvalue weighted by Gasteiger charge is -2.21. The predicted octanol–water partition coefficient (Wildman–Crippen LogP) is 3.03. The molecule has 0 aliphatic rings. The van der Waals surface area contributed by atoms with Gasteiger partial charge < -0.3 is 4.74 Å². The van der Waals surface area contributed by atoms with E-state index in [1.54, 1.807) is 0 Å². The van der Waals surface area contributed by atoms with Gasteiger partial charge in [0.1, 0.15) is 11.6 Å². The number of benzene rings is 1. The van der Waals surface area contributed by atoms with Gasteiger partial charge in [0, 0.05) is 5.19 Å². The number of hydrogen-bond donors (Lipinski definition) is 0. The van der Waals surface area contributed by atoms with Gasteiger partial charge in [-0.1, -0.05) is 31.2 Å². The van der Waals surface area contributed by atoms with Crippen molar-refractivity contribution < 1.29 is 9.13 Å². The quantitative estimate of drug-likeness (QED) is 0.713. The SMILES string of the molecule is COc1c(Cl)ccc(F)c1[Si](C)(C)C. The van der Waals surface area contributed by atoms with Crippen LogP contribution in [0.2, 0.25) is 24.7 Å². The highest BCUT2D eigenvalue weighted by Gasteiger charge is 2.26. The lowest BCUT2D eigenvalue weighted by atomic mass is 10.3. The highest BCUT2D eigenvalue weighted by Crippen LogP contribution is 2.25. The van der Waals surface area contributed by atoms with Crippen LogP contribution >= 0.6 is 11.6 Å². The van der Waals surface area contributed by atoms with Crippen LogP contribution in [-0.4, -0.2) is 15.2 Å². The zero-order valence-electron chi connectivity index (χ0n) is 8.82. The molecule has 0 amide bonds. The highest BCUT2D eigenvalue weighted by molar-refractivity contribution is 6.89. The largest absolute Gasteiger partial charge is 0.495 e. The maximum absolute atomic E-state index is 13.6. The number of rotatable bonds is 2. The van der Waals surface area contributed by atoms with Gasteiger partial charge in [0.15, 0.2) is 0 Å². The summed E-state index contributed by atoms with van der Waals surface area (Å²) in [6.45, 7) is 6.18. The van der Waals surface area contributed by atoms with Crippen molar-refractivity contribution >= 4 is 24.9 Å². The van der Waals surface area contributed by atoms with Gasteiger partial charge in [-0.25, -0.2) is 4.39 Å². The molecule has 0 atom stereocenters. The Kier molecular flexibility index (Phi) is 3.22. The fraction of sp³-hybridized carbons (Fsp3) is 0.400. The Morgan fingerprint density at radius 3 is 2.21 bits per heavy atom. The van der Waals surface area contributed by atoms with E-state index in [4.69, 9.17) is 16.3 Å². The molecular weight excluding hydrogens is 219 g/mol. The average Bonchev–Trinajstić information content (AvgIpc) is 2.06. The first-order valence-corrected chi connectivity index (χ1v) is 8.28. The van der Waals surface area contributed by atoms with Crippen molar-refractivity contribution in [3.8, 4) is 5.75 Å². The minimum Gasteiger partial charge on any atom is -0.495 e. The summed E-state index contributed by atoms with van der Waals surface area (Å²) in [5.41, 5.74) is 0. The molecule has 1 aromatic carbocycles. The van der Waals surface area contributed by atoms with E-state index in [9.17, 15) is 4.39 Å². The van der Waals surface area contributed by atoms with Crippen molar-refractivity contribution in [1.82, 2.24) is 0 Å². The average molecular weight is 233 g/mol. The summed E-state index contributed by atoms with van der Waals surface area (Å²) in [4.78, 5) is 0. The Morgan fingerprint density at radius 1 is 1.29 bits per heavy atom. The Morgan fingerprint density at radius 2 is 1.86 bits per heavy atom. The molecule has 14 heavy (non-hydrogen) atoms. The zero-order valence-corrected chi connectivity index (χ0v) is 10.6. The van der Waals surface area contributed by atoms with E-state index in [-0.39, 0.29) is 5.82 Å². The van der Waals surface area contributed by atoms with E-state index in [1.807, 2.05) is 0 Å². The van der Waals surface area contributed by atoms with E-state index >= 15 is 0 Å². The van der Waals surface area contributed by atoms with Crippen LogP contribution in [0.5, 0.6) is 5.75 Å². The molecule has 0 N–H and O–H groups in total. The zero-order chi connectivity index (χ0) is 10.9. The summed E-state index contributed by atoms with van der Waals surface area (Å²) in [6.07, 6.45) is 0. The smallest absolute Gasteiger partial charge is 0.139 e. The summed E-state index contributed by atoms with van der Waals surface area (Å²) in [7, 11) is -0.241. The topological polar surface area (TPSA) is 9.23 Å². The third kappa shape index (κ3) is 2.09. The molecule has 4 heteroatoms. The molecule has 1 aromatic rings. The van der Waals surface area contributed by atoms with E-state index in [2.05, 4.69) is 19.6 Å². The van der Waals surface area contributed by atoms with Gasteiger partial charge in [-0.3, -0.25) is 0 Å². The van der Waals surface area contributed by atoms with Gasteiger partial charge in [0.25, 0.3) is 0 Å². The van der Waals surface area contributed by atoms with Gasteiger partial charge in [-0.2, -0.15) is 0 Å². The molecule has 0 aliphatic carbocycles. The first kappa shape index (κ1) is 11.5. The van der Waals surface area contributed by atoms with E-state index < -0.39 is 8.07 Å². The third-order valence-corrected chi connectivity index (χ3v) is 4.28. The Labute approximate surface area is 89.9 Å². The molecule has 0 heterocycles. The Hall–Kier alpha value is -0.543. The number of methoxy groups -OCH3 is 1. The Bertz CT molecular complexity index is 347. The second-order valence-electron chi connectivity index (χ2n) is 4.19. The molecule has 0 radical (unpaired) electrons. The fourth-order valence-electron chi connectivity index (χ4n) is 1.43. The third-order valence-electron chi connectivity index (χ3n) is 2.01. The second kappa shape index (κ2) is 3.91. The normalized spacial score (nSPS) is 11.6. The molecule has 1 rings (SSSR count). The second-order valence-corrected chi connectivity index (χ2v) is 9.59. The summed E-state index contributed by atoms with van der Waals surface area (Å²) < 4.78 is 18.8. The van der Waals surface area contributed by atoms with E-state index in [1.165, 1.54) is 19.2 Å². The lowest BCUT2D eigenvalue weighted by Crippen LogP contribution is -2.41. The maximum Gasteiger partial charge on any atom is 0.139 e. The minimum atomic E-state index is -1.76. The monoisotopic (exact) mass is 232 g/mol. The van der Waals surface area contributed by atoms with Crippen LogP contribution in [-0.2, 0) is 0 Å². The molecule has 0 spiro atoms. The lowest BCUT2D eigenvalue weighted by molar-refractivity contribution is 0.415. The molecule has 0 saturated heterocycles. The van der Waals surface area contributed by atoms with Gasteiger partial charge in [-0.15, -0.1) is 0 Å². The first-order chi connectivity index (χ1) is 6.38. The van der Waals surface area contributed by atoms with Crippen molar-refractivity contribution in [2.45, 2.75) is 19.6 Å². The van der Waals surface area contributed by atoms with Crippen LogP contribution < -0.4 is 9.92 Å². The van der Waals surface area contributed by atoms with Crippen LogP contribution in [0, 0.1) is 5.82 Å². The molecule has 1 nitrogen and oxygen atoms in total. The summed E-state index contributed by atoms with van der Waals surface area (Å²) in [5.74, 6) is 0.274. The van der Waals surface area contributed by atoms with Gasteiger partial charge in [0.2, 0.25) is 0 Å². The molecule has 0 saturated carbocycles. The van der Waals surface area contributed by atoms with Crippen LogP contribution in [0.15, 0.2) is 12.1 Å².